The SMILES string of the molecule is CCCCCCn1c(CC(N)=S)nc2ccccc21. The van der Waals surface area contributed by atoms with E-state index in [1.165, 1.54) is 31.2 Å². The third kappa shape index (κ3) is 3.53. The molecule has 0 aliphatic carbocycles. The molecule has 1 aromatic carbocycles. The number of benzene rings is 1. The number of imidazole rings is 1. The minimum Gasteiger partial charge on any atom is -0.393 e. The summed E-state index contributed by atoms with van der Waals surface area (Å²) in [6.07, 6.45) is 5.56. The molecule has 0 fully saturated rings. The number of hydrogen-bond acceptors (Lipinski definition) is 2. The lowest BCUT2D eigenvalue weighted by Crippen LogP contribution is -2.15. The molecule has 0 unspecified atom stereocenters. The second-order valence-corrected chi connectivity index (χ2v) is 5.40. The van der Waals surface area contributed by atoms with Gasteiger partial charge in [0.1, 0.15) is 5.82 Å². The Bertz CT molecular complexity index is 560. The van der Waals surface area contributed by atoms with Crippen LogP contribution in [0.25, 0.3) is 11.0 Å². The summed E-state index contributed by atoms with van der Waals surface area (Å²) in [5, 5.41) is 0. The Morgan fingerprint density at radius 1 is 1.26 bits per heavy atom. The zero-order valence-corrected chi connectivity index (χ0v) is 12.2. The number of nitrogens with zero attached hydrogens (tertiary/aromatic N) is 2. The second kappa shape index (κ2) is 6.66. The normalized spacial score (nSPS) is 11.0. The zero-order chi connectivity index (χ0) is 13.7. The van der Waals surface area contributed by atoms with Gasteiger partial charge in [-0.2, -0.15) is 0 Å². The first-order valence-corrected chi connectivity index (χ1v) is 7.35. The van der Waals surface area contributed by atoms with Crippen LogP contribution >= 0.6 is 12.2 Å². The first-order chi connectivity index (χ1) is 9.22. The third-order valence-corrected chi connectivity index (χ3v) is 3.45. The van der Waals surface area contributed by atoms with Crippen LogP contribution in [0.5, 0.6) is 0 Å². The lowest BCUT2D eigenvalue weighted by molar-refractivity contribution is 0.580. The highest BCUT2D eigenvalue weighted by atomic mass is 32.1. The highest BCUT2D eigenvalue weighted by Gasteiger charge is 2.10. The maximum absolute atomic E-state index is 5.67. The summed E-state index contributed by atoms with van der Waals surface area (Å²) < 4.78 is 2.27. The van der Waals surface area contributed by atoms with Crippen molar-refractivity contribution < 1.29 is 0 Å². The molecule has 0 bridgehead atoms. The Morgan fingerprint density at radius 2 is 2.05 bits per heavy atom. The second-order valence-electron chi connectivity index (χ2n) is 4.87. The molecule has 0 aliphatic heterocycles. The molecule has 0 aliphatic rings. The first kappa shape index (κ1) is 14.0. The molecule has 0 saturated heterocycles. The standard InChI is InChI=1S/C15H21N3S/c1-2-3-4-7-10-18-13-9-6-5-8-12(13)17-15(18)11-14(16)19/h5-6,8-9H,2-4,7,10-11H2,1H3,(H2,16,19). The molecule has 2 aromatic rings. The fraction of sp³-hybridized carbons (Fsp3) is 0.467. The number of thiocarbonyl (C=S) groups is 1. The van der Waals surface area contributed by atoms with Gasteiger partial charge < -0.3 is 10.3 Å². The third-order valence-electron chi connectivity index (χ3n) is 3.30. The summed E-state index contributed by atoms with van der Waals surface area (Å²) in [6.45, 7) is 3.23. The maximum atomic E-state index is 5.67. The number of rotatable bonds is 7. The number of para-hydroxylation sites is 2. The van der Waals surface area contributed by atoms with Crippen LogP contribution in [0.3, 0.4) is 0 Å². The predicted octanol–water partition coefficient (Wildman–Crippen LogP) is 3.45. The summed E-state index contributed by atoms with van der Waals surface area (Å²) in [5.74, 6) is 0.991. The van der Waals surface area contributed by atoms with E-state index in [1.807, 2.05) is 12.1 Å². The molecule has 2 rings (SSSR count). The minimum atomic E-state index is 0.505. The van der Waals surface area contributed by atoms with Gasteiger partial charge >= 0.3 is 0 Å². The Kier molecular flexibility index (Phi) is 4.91. The van der Waals surface area contributed by atoms with Gasteiger partial charge in [-0.05, 0) is 18.6 Å². The molecule has 3 nitrogen and oxygen atoms in total. The van der Waals surface area contributed by atoms with Gasteiger partial charge in [0.05, 0.1) is 22.4 Å². The van der Waals surface area contributed by atoms with Crippen LogP contribution < -0.4 is 5.73 Å². The van der Waals surface area contributed by atoms with E-state index in [9.17, 15) is 0 Å². The van der Waals surface area contributed by atoms with Crippen molar-refractivity contribution in [3.05, 3.63) is 30.1 Å². The Labute approximate surface area is 119 Å². The maximum Gasteiger partial charge on any atom is 0.116 e. The van der Waals surface area contributed by atoms with Crippen molar-refractivity contribution in [2.24, 2.45) is 5.73 Å². The molecule has 102 valence electrons. The van der Waals surface area contributed by atoms with Crippen LogP contribution in [0.1, 0.15) is 38.4 Å². The van der Waals surface area contributed by atoms with Gasteiger partial charge in [-0.3, -0.25) is 0 Å². The smallest absolute Gasteiger partial charge is 0.116 e. The summed E-state index contributed by atoms with van der Waals surface area (Å²) >= 11 is 5.02. The van der Waals surface area contributed by atoms with Crippen molar-refractivity contribution in [1.82, 2.24) is 9.55 Å². The van der Waals surface area contributed by atoms with Crippen LogP contribution in [0.4, 0.5) is 0 Å². The Balaban J connectivity index is 2.23. The number of fused-ring (bicyclic) bond motifs is 1. The van der Waals surface area contributed by atoms with E-state index in [-0.39, 0.29) is 0 Å². The van der Waals surface area contributed by atoms with Crippen molar-refractivity contribution in [1.29, 1.82) is 0 Å². The van der Waals surface area contributed by atoms with Crippen molar-refractivity contribution in [2.75, 3.05) is 0 Å². The summed E-state index contributed by atoms with van der Waals surface area (Å²) in [6, 6.07) is 8.23. The Hall–Kier alpha value is -1.42. The fourth-order valence-electron chi connectivity index (χ4n) is 2.36. The average molecular weight is 275 g/mol. The number of unbranched alkanes of at least 4 members (excludes halogenated alkanes) is 3. The van der Waals surface area contributed by atoms with Crippen LogP contribution in [-0.2, 0) is 13.0 Å². The number of aryl methyl sites for hydroxylation is 1. The zero-order valence-electron chi connectivity index (χ0n) is 11.4. The minimum absolute atomic E-state index is 0.505. The van der Waals surface area contributed by atoms with E-state index >= 15 is 0 Å². The molecule has 1 heterocycles. The van der Waals surface area contributed by atoms with Gasteiger partial charge in [-0.25, -0.2) is 4.98 Å². The summed E-state index contributed by atoms with van der Waals surface area (Å²) in [4.78, 5) is 5.15. The van der Waals surface area contributed by atoms with Gasteiger partial charge in [-0.1, -0.05) is 50.5 Å². The highest BCUT2D eigenvalue weighted by molar-refractivity contribution is 7.80. The topological polar surface area (TPSA) is 43.8 Å². The molecular formula is C15H21N3S. The number of aromatic nitrogens is 2. The van der Waals surface area contributed by atoms with Crippen LogP contribution in [0.15, 0.2) is 24.3 Å². The fourth-order valence-corrected chi connectivity index (χ4v) is 2.49. The monoisotopic (exact) mass is 275 g/mol. The van der Waals surface area contributed by atoms with E-state index in [2.05, 4.69) is 28.6 Å². The van der Waals surface area contributed by atoms with E-state index in [0.717, 1.165) is 17.9 Å². The first-order valence-electron chi connectivity index (χ1n) is 6.95. The van der Waals surface area contributed by atoms with E-state index < -0.39 is 0 Å². The molecule has 2 N–H and O–H groups in total. The van der Waals surface area contributed by atoms with E-state index in [4.69, 9.17) is 18.0 Å². The van der Waals surface area contributed by atoms with Crippen molar-refractivity contribution in [3.8, 4) is 0 Å². The van der Waals surface area contributed by atoms with Gasteiger partial charge in [0, 0.05) is 6.54 Å². The quantitative estimate of drug-likeness (QED) is 0.622. The predicted molar refractivity (Wildman–Crippen MR) is 84.4 cm³/mol. The van der Waals surface area contributed by atoms with Gasteiger partial charge in [0.2, 0.25) is 0 Å². The van der Waals surface area contributed by atoms with Crippen LogP contribution in [-0.4, -0.2) is 14.5 Å². The van der Waals surface area contributed by atoms with Crippen molar-refractivity contribution in [3.63, 3.8) is 0 Å². The number of nitrogens with two attached hydrogens (primary N) is 1. The molecular weight excluding hydrogens is 254 g/mol. The number of hydrogen-bond donors (Lipinski definition) is 1. The lowest BCUT2D eigenvalue weighted by Gasteiger charge is -2.08. The largest absolute Gasteiger partial charge is 0.393 e. The molecule has 0 atom stereocenters. The van der Waals surface area contributed by atoms with Crippen molar-refractivity contribution in [2.45, 2.75) is 45.6 Å². The molecule has 0 saturated carbocycles. The van der Waals surface area contributed by atoms with Gasteiger partial charge in [0.25, 0.3) is 0 Å². The van der Waals surface area contributed by atoms with E-state index in [0.29, 0.717) is 11.4 Å². The van der Waals surface area contributed by atoms with E-state index in [1.54, 1.807) is 0 Å². The average Bonchev–Trinajstić information content (AvgIpc) is 2.72. The van der Waals surface area contributed by atoms with Crippen LogP contribution in [0, 0.1) is 0 Å². The summed E-state index contributed by atoms with van der Waals surface area (Å²) in [5.41, 5.74) is 7.89. The molecule has 19 heavy (non-hydrogen) atoms. The Morgan fingerprint density at radius 3 is 2.79 bits per heavy atom. The molecule has 0 spiro atoms. The molecule has 4 heteroatoms. The van der Waals surface area contributed by atoms with Crippen molar-refractivity contribution >= 4 is 28.2 Å². The molecule has 0 radical (unpaired) electrons. The van der Waals surface area contributed by atoms with Gasteiger partial charge in [0.15, 0.2) is 0 Å². The van der Waals surface area contributed by atoms with Gasteiger partial charge in [-0.15, -0.1) is 0 Å². The molecule has 0 amide bonds. The highest BCUT2D eigenvalue weighted by Crippen LogP contribution is 2.17. The lowest BCUT2D eigenvalue weighted by atomic mass is 10.2. The van der Waals surface area contributed by atoms with Crippen LogP contribution in [0.2, 0.25) is 0 Å². The summed E-state index contributed by atoms with van der Waals surface area (Å²) in [7, 11) is 0. The molecule has 1 aromatic heterocycles.